The van der Waals surface area contributed by atoms with Gasteiger partial charge in [0.2, 0.25) is 0 Å². The van der Waals surface area contributed by atoms with Crippen molar-refractivity contribution in [2.75, 3.05) is 18.1 Å². The summed E-state index contributed by atoms with van der Waals surface area (Å²) in [6.45, 7) is 4.46. The van der Waals surface area contributed by atoms with E-state index in [-0.39, 0.29) is 5.92 Å². The van der Waals surface area contributed by atoms with Crippen LogP contribution < -0.4 is 5.32 Å². The smallest absolute Gasteiger partial charge is 0.150 e. The van der Waals surface area contributed by atoms with Gasteiger partial charge in [-0.05, 0) is 25.8 Å². The molecule has 2 heterocycles. The van der Waals surface area contributed by atoms with Gasteiger partial charge >= 0.3 is 0 Å². The Morgan fingerprint density at radius 1 is 1.59 bits per heavy atom. The Hall–Kier alpha value is -0.880. The van der Waals surface area contributed by atoms with Crippen molar-refractivity contribution in [1.82, 2.24) is 14.9 Å². The molecule has 0 aliphatic carbocycles. The van der Waals surface area contributed by atoms with E-state index in [9.17, 15) is 8.42 Å². The molecule has 96 valence electrons. The van der Waals surface area contributed by atoms with E-state index in [1.54, 1.807) is 6.20 Å². The fraction of sp³-hybridized carbons (Fsp3) is 0.727. The molecule has 1 N–H and O–H groups in total. The minimum Gasteiger partial charge on any atom is -0.334 e. The number of aromatic nitrogens is 2. The van der Waals surface area contributed by atoms with Gasteiger partial charge in [0.05, 0.1) is 18.1 Å². The molecule has 1 aromatic rings. The number of imidazole rings is 1. The van der Waals surface area contributed by atoms with Crippen LogP contribution in [0.15, 0.2) is 12.4 Å². The lowest BCUT2D eigenvalue weighted by Crippen LogP contribution is -2.24. The van der Waals surface area contributed by atoms with Crippen LogP contribution in [0.2, 0.25) is 0 Å². The molecule has 1 aliphatic rings. The summed E-state index contributed by atoms with van der Waals surface area (Å²) >= 11 is 0. The van der Waals surface area contributed by atoms with Gasteiger partial charge in [0, 0.05) is 18.9 Å². The van der Waals surface area contributed by atoms with Gasteiger partial charge in [0.1, 0.15) is 5.82 Å². The fourth-order valence-electron chi connectivity index (χ4n) is 2.22. The molecule has 1 aliphatic heterocycles. The lowest BCUT2D eigenvalue weighted by Gasteiger charge is -2.10. The predicted octanol–water partition coefficient (Wildman–Crippen LogP) is 0.427. The normalized spacial score (nSPS) is 23.0. The molecule has 0 bridgehead atoms. The molecule has 1 aromatic heterocycles. The monoisotopic (exact) mass is 257 g/mol. The predicted molar refractivity (Wildman–Crippen MR) is 66.4 cm³/mol. The van der Waals surface area contributed by atoms with Gasteiger partial charge in [-0.2, -0.15) is 0 Å². The van der Waals surface area contributed by atoms with Crippen LogP contribution in [-0.2, 0) is 22.9 Å². The first-order valence-corrected chi connectivity index (χ1v) is 7.84. The number of sulfone groups is 1. The summed E-state index contributed by atoms with van der Waals surface area (Å²) in [5, 5.41) is 3.29. The van der Waals surface area contributed by atoms with Gasteiger partial charge in [0.15, 0.2) is 9.84 Å². The number of rotatable bonds is 5. The average Bonchev–Trinajstić information content (AvgIpc) is 2.85. The van der Waals surface area contributed by atoms with Crippen molar-refractivity contribution in [3.05, 3.63) is 18.2 Å². The first-order valence-electron chi connectivity index (χ1n) is 6.02. The van der Waals surface area contributed by atoms with E-state index in [0.29, 0.717) is 18.1 Å². The molecule has 0 radical (unpaired) electrons. The van der Waals surface area contributed by atoms with Crippen LogP contribution in [0.3, 0.4) is 0 Å². The highest BCUT2D eigenvalue weighted by molar-refractivity contribution is 7.91. The second kappa shape index (κ2) is 5.18. The standard InChI is InChI=1S/C11H19N3O2S/c1-2-14-5-4-13-11(14)8-12-7-10-3-6-17(15,16)9-10/h4-5,10,12H,2-3,6-9H2,1H3. The third kappa shape index (κ3) is 3.29. The number of nitrogens with one attached hydrogen (secondary N) is 1. The Kier molecular flexibility index (Phi) is 3.83. The molecule has 1 atom stereocenters. The van der Waals surface area contributed by atoms with Crippen LogP contribution in [0.1, 0.15) is 19.2 Å². The highest BCUT2D eigenvalue weighted by Crippen LogP contribution is 2.17. The molecule has 0 saturated carbocycles. The Balaban J connectivity index is 1.77. The first-order chi connectivity index (χ1) is 8.11. The van der Waals surface area contributed by atoms with Crippen molar-refractivity contribution >= 4 is 9.84 Å². The maximum atomic E-state index is 11.3. The van der Waals surface area contributed by atoms with Crippen molar-refractivity contribution in [1.29, 1.82) is 0 Å². The molecule has 5 nitrogen and oxygen atoms in total. The van der Waals surface area contributed by atoms with Crippen LogP contribution in [0.25, 0.3) is 0 Å². The third-order valence-corrected chi connectivity index (χ3v) is 5.02. The van der Waals surface area contributed by atoms with Crippen molar-refractivity contribution in [3.8, 4) is 0 Å². The third-order valence-electron chi connectivity index (χ3n) is 3.19. The molecular formula is C11H19N3O2S. The molecule has 0 spiro atoms. The summed E-state index contributed by atoms with van der Waals surface area (Å²) in [6.07, 6.45) is 4.54. The van der Waals surface area contributed by atoms with Gasteiger partial charge < -0.3 is 9.88 Å². The highest BCUT2D eigenvalue weighted by Gasteiger charge is 2.27. The van der Waals surface area contributed by atoms with E-state index in [1.807, 2.05) is 6.20 Å². The molecule has 1 fully saturated rings. The number of nitrogens with zero attached hydrogens (tertiary/aromatic N) is 2. The lowest BCUT2D eigenvalue weighted by atomic mass is 10.1. The number of aryl methyl sites for hydroxylation is 1. The van der Waals surface area contributed by atoms with Crippen LogP contribution >= 0.6 is 0 Å². The van der Waals surface area contributed by atoms with E-state index in [1.165, 1.54) is 0 Å². The van der Waals surface area contributed by atoms with E-state index in [2.05, 4.69) is 21.8 Å². The quantitative estimate of drug-likeness (QED) is 0.830. The largest absolute Gasteiger partial charge is 0.334 e. The summed E-state index contributed by atoms with van der Waals surface area (Å²) in [5.74, 6) is 1.96. The number of hydrogen-bond acceptors (Lipinski definition) is 4. The Bertz CT molecular complexity index is 467. The van der Waals surface area contributed by atoms with Crippen LogP contribution in [0.4, 0.5) is 0 Å². The van der Waals surface area contributed by atoms with Gasteiger partial charge in [-0.1, -0.05) is 0 Å². The Labute approximate surface area is 102 Å². The summed E-state index contributed by atoms with van der Waals surface area (Å²) in [6, 6.07) is 0. The Morgan fingerprint density at radius 3 is 3.06 bits per heavy atom. The van der Waals surface area contributed by atoms with Gasteiger partial charge in [-0.15, -0.1) is 0 Å². The topological polar surface area (TPSA) is 64.0 Å². The maximum absolute atomic E-state index is 11.3. The van der Waals surface area contributed by atoms with Crippen LogP contribution in [0.5, 0.6) is 0 Å². The molecule has 17 heavy (non-hydrogen) atoms. The van der Waals surface area contributed by atoms with Gasteiger partial charge in [0.25, 0.3) is 0 Å². The number of hydrogen-bond donors (Lipinski definition) is 1. The zero-order valence-corrected chi connectivity index (χ0v) is 10.9. The maximum Gasteiger partial charge on any atom is 0.150 e. The Morgan fingerprint density at radius 2 is 2.41 bits per heavy atom. The van der Waals surface area contributed by atoms with E-state index < -0.39 is 9.84 Å². The minimum atomic E-state index is -2.75. The lowest BCUT2D eigenvalue weighted by molar-refractivity contribution is 0.506. The molecule has 6 heteroatoms. The second-order valence-corrected chi connectivity index (χ2v) is 6.76. The second-order valence-electron chi connectivity index (χ2n) is 4.53. The van der Waals surface area contributed by atoms with E-state index >= 15 is 0 Å². The van der Waals surface area contributed by atoms with E-state index in [0.717, 1.165) is 25.3 Å². The zero-order chi connectivity index (χ0) is 12.3. The SMILES string of the molecule is CCn1ccnc1CNCC1CCS(=O)(=O)C1. The summed E-state index contributed by atoms with van der Waals surface area (Å²) < 4.78 is 24.7. The van der Waals surface area contributed by atoms with E-state index in [4.69, 9.17) is 0 Å². The summed E-state index contributed by atoms with van der Waals surface area (Å²) in [7, 11) is -2.75. The highest BCUT2D eigenvalue weighted by atomic mass is 32.2. The van der Waals surface area contributed by atoms with Crippen molar-refractivity contribution < 1.29 is 8.42 Å². The van der Waals surface area contributed by atoms with Gasteiger partial charge in [-0.3, -0.25) is 0 Å². The molecule has 0 amide bonds. The summed E-state index contributed by atoms with van der Waals surface area (Å²) in [5.41, 5.74) is 0. The van der Waals surface area contributed by atoms with Crippen molar-refractivity contribution in [2.24, 2.45) is 5.92 Å². The molecule has 1 saturated heterocycles. The van der Waals surface area contributed by atoms with Gasteiger partial charge in [-0.25, -0.2) is 13.4 Å². The van der Waals surface area contributed by atoms with Crippen LogP contribution in [-0.4, -0.2) is 36.0 Å². The minimum absolute atomic E-state index is 0.269. The van der Waals surface area contributed by atoms with Crippen molar-refractivity contribution in [2.45, 2.75) is 26.4 Å². The zero-order valence-electron chi connectivity index (χ0n) is 10.1. The molecular weight excluding hydrogens is 238 g/mol. The molecule has 1 unspecified atom stereocenters. The summed E-state index contributed by atoms with van der Waals surface area (Å²) in [4.78, 5) is 4.26. The van der Waals surface area contributed by atoms with Crippen molar-refractivity contribution in [3.63, 3.8) is 0 Å². The van der Waals surface area contributed by atoms with Crippen LogP contribution in [0, 0.1) is 5.92 Å². The molecule has 2 rings (SSSR count). The molecule has 0 aromatic carbocycles. The first kappa shape index (κ1) is 12.6. The fourth-order valence-corrected chi connectivity index (χ4v) is 4.08. The average molecular weight is 257 g/mol.